The molecule has 2 heterocycles. The molecule has 0 saturated carbocycles. The van der Waals surface area contributed by atoms with Gasteiger partial charge < -0.3 is 5.32 Å². The van der Waals surface area contributed by atoms with Crippen LogP contribution in [0.3, 0.4) is 0 Å². The molecule has 0 unspecified atom stereocenters. The number of benzene rings is 1. The number of hydrogen-bond acceptors (Lipinski definition) is 4. The topological polar surface area (TPSA) is 92.7 Å². The van der Waals surface area contributed by atoms with Gasteiger partial charge in [0.2, 0.25) is 5.95 Å². The maximum Gasteiger partial charge on any atom is 0.265 e. The van der Waals surface area contributed by atoms with Crippen LogP contribution in [0.1, 0.15) is 35.3 Å². The van der Waals surface area contributed by atoms with E-state index in [9.17, 15) is 9.59 Å². The van der Waals surface area contributed by atoms with Gasteiger partial charge in [-0.2, -0.15) is 5.10 Å². The smallest absolute Gasteiger partial charge is 0.265 e. The number of aromatic nitrogens is 4. The van der Waals surface area contributed by atoms with Gasteiger partial charge in [0.25, 0.3) is 11.5 Å². The molecule has 0 saturated heterocycles. The van der Waals surface area contributed by atoms with Crippen LogP contribution in [-0.4, -0.2) is 25.7 Å². The van der Waals surface area contributed by atoms with Crippen LogP contribution >= 0.6 is 0 Å². The Morgan fingerprint density at radius 3 is 2.71 bits per heavy atom. The summed E-state index contributed by atoms with van der Waals surface area (Å²) in [5, 5.41) is 6.86. The largest absolute Gasteiger partial charge is 0.345 e. The molecule has 7 heteroatoms. The Hall–Kier alpha value is -3.22. The fourth-order valence-electron chi connectivity index (χ4n) is 2.40. The molecule has 0 aliphatic heterocycles. The molecule has 3 rings (SSSR count). The second-order valence-corrected chi connectivity index (χ2v) is 5.25. The van der Waals surface area contributed by atoms with Gasteiger partial charge in [-0.1, -0.05) is 37.3 Å². The van der Waals surface area contributed by atoms with E-state index in [2.05, 4.69) is 20.4 Å². The molecule has 0 radical (unpaired) electrons. The molecular weight excluding hydrogens is 306 g/mol. The third-order valence-corrected chi connectivity index (χ3v) is 3.67. The number of rotatable bonds is 5. The van der Waals surface area contributed by atoms with Crippen molar-refractivity contribution in [3.05, 3.63) is 76.5 Å². The lowest BCUT2D eigenvalue weighted by Gasteiger charge is -2.17. The Bertz CT molecular complexity index is 872. The quantitative estimate of drug-likeness (QED) is 0.749. The van der Waals surface area contributed by atoms with Gasteiger partial charge in [-0.3, -0.25) is 14.6 Å². The highest BCUT2D eigenvalue weighted by Crippen LogP contribution is 2.16. The van der Waals surface area contributed by atoms with Crippen molar-refractivity contribution < 1.29 is 4.79 Å². The summed E-state index contributed by atoms with van der Waals surface area (Å²) in [6.07, 6.45) is 5.21. The summed E-state index contributed by atoms with van der Waals surface area (Å²) in [7, 11) is 0. The first kappa shape index (κ1) is 15.7. The molecule has 7 nitrogen and oxygen atoms in total. The molecule has 122 valence electrons. The fourth-order valence-corrected chi connectivity index (χ4v) is 2.40. The summed E-state index contributed by atoms with van der Waals surface area (Å²) < 4.78 is 1.42. The number of amides is 1. The summed E-state index contributed by atoms with van der Waals surface area (Å²) in [5.41, 5.74) is 0.460. The Kier molecular flexibility index (Phi) is 4.51. The number of nitrogens with zero attached hydrogens (tertiary/aromatic N) is 3. The summed E-state index contributed by atoms with van der Waals surface area (Å²) in [4.78, 5) is 31.3. The molecule has 2 aromatic heterocycles. The van der Waals surface area contributed by atoms with Gasteiger partial charge in [-0.25, -0.2) is 9.67 Å². The average Bonchev–Trinajstić information content (AvgIpc) is 3.14. The van der Waals surface area contributed by atoms with Crippen molar-refractivity contribution in [1.82, 2.24) is 25.1 Å². The number of aromatic amines is 1. The molecule has 1 atom stereocenters. The third-order valence-electron chi connectivity index (χ3n) is 3.67. The zero-order chi connectivity index (χ0) is 16.9. The van der Waals surface area contributed by atoms with E-state index < -0.39 is 11.5 Å². The van der Waals surface area contributed by atoms with E-state index in [0.29, 0.717) is 6.42 Å². The Balaban J connectivity index is 1.81. The molecule has 0 bridgehead atoms. The molecule has 0 aliphatic carbocycles. The highest BCUT2D eigenvalue weighted by Gasteiger charge is 2.17. The minimum Gasteiger partial charge on any atom is -0.345 e. The first-order chi connectivity index (χ1) is 11.7. The van der Waals surface area contributed by atoms with Crippen molar-refractivity contribution in [2.24, 2.45) is 0 Å². The predicted molar refractivity (Wildman–Crippen MR) is 88.9 cm³/mol. The number of hydrogen-bond donors (Lipinski definition) is 2. The van der Waals surface area contributed by atoms with E-state index in [4.69, 9.17) is 0 Å². The minimum atomic E-state index is -0.504. The first-order valence-electron chi connectivity index (χ1n) is 7.64. The van der Waals surface area contributed by atoms with Crippen molar-refractivity contribution in [3.63, 3.8) is 0 Å². The SMILES string of the molecule is CC[C@H](NC(=O)c1cnc(-n2cccn2)[nH]c1=O)c1ccccc1. The van der Waals surface area contributed by atoms with Gasteiger partial charge in [0, 0.05) is 18.6 Å². The number of nitrogens with one attached hydrogen (secondary N) is 2. The summed E-state index contributed by atoms with van der Waals surface area (Å²) in [6.45, 7) is 1.97. The minimum absolute atomic E-state index is 0.0275. The fraction of sp³-hybridized carbons (Fsp3) is 0.176. The second-order valence-electron chi connectivity index (χ2n) is 5.25. The van der Waals surface area contributed by atoms with Crippen LogP contribution in [0.15, 0.2) is 59.8 Å². The van der Waals surface area contributed by atoms with Crippen LogP contribution < -0.4 is 10.9 Å². The highest BCUT2D eigenvalue weighted by molar-refractivity contribution is 5.93. The number of carbonyl (C=O) groups excluding carboxylic acids is 1. The molecule has 24 heavy (non-hydrogen) atoms. The summed E-state index contributed by atoms with van der Waals surface area (Å²) >= 11 is 0. The molecule has 0 spiro atoms. The van der Waals surface area contributed by atoms with E-state index in [1.165, 1.54) is 10.9 Å². The monoisotopic (exact) mass is 323 g/mol. The normalized spacial score (nSPS) is 11.9. The first-order valence-corrected chi connectivity index (χ1v) is 7.64. The zero-order valence-corrected chi connectivity index (χ0v) is 13.1. The molecule has 1 aromatic carbocycles. The Morgan fingerprint density at radius 1 is 1.29 bits per heavy atom. The zero-order valence-electron chi connectivity index (χ0n) is 13.1. The highest BCUT2D eigenvalue weighted by atomic mass is 16.2. The van der Waals surface area contributed by atoms with Gasteiger partial charge >= 0.3 is 0 Å². The lowest BCUT2D eigenvalue weighted by atomic mass is 10.0. The van der Waals surface area contributed by atoms with Crippen LogP contribution in [0.2, 0.25) is 0 Å². The van der Waals surface area contributed by atoms with E-state index >= 15 is 0 Å². The van der Waals surface area contributed by atoms with Gasteiger partial charge in [0.05, 0.1) is 6.04 Å². The molecule has 2 N–H and O–H groups in total. The van der Waals surface area contributed by atoms with Gasteiger partial charge in [0.1, 0.15) is 5.56 Å². The van der Waals surface area contributed by atoms with Crippen LogP contribution in [-0.2, 0) is 0 Å². The van der Waals surface area contributed by atoms with Gasteiger partial charge in [0.15, 0.2) is 0 Å². The van der Waals surface area contributed by atoms with Crippen molar-refractivity contribution in [3.8, 4) is 5.95 Å². The van der Waals surface area contributed by atoms with E-state index in [0.717, 1.165) is 5.56 Å². The van der Waals surface area contributed by atoms with E-state index in [-0.39, 0.29) is 17.6 Å². The van der Waals surface area contributed by atoms with Crippen LogP contribution in [0.25, 0.3) is 5.95 Å². The van der Waals surface area contributed by atoms with Crippen LogP contribution in [0.4, 0.5) is 0 Å². The third kappa shape index (κ3) is 3.24. The predicted octanol–water partition coefficient (Wildman–Crippen LogP) is 1.84. The van der Waals surface area contributed by atoms with Crippen molar-refractivity contribution >= 4 is 5.91 Å². The van der Waals surface area contributed by atoms with Gasteiger partial charge in [-0.05, 0) is 18.1 Å². The maximum atomic E-state index is 12.4. The maximum absolute atomic E-state index is 12.4. The average molecular weight is 323 g/mol. The summed E-state index contributed by atoms with van der Waals surface area (Å²) in [6, 6.07) is 11.2. The molecule has 0 aliphatic rings. The second kappa shape index (κ2) is 6.91. The lowest BCUT2D eigenvalue weighted by molar-refractivity contribution is 0.0933. The van der Waals surface area contributed by atoms with Crippen molar-refractivity contribution in [2.45, 2.75) is 19.4 Å². The van der Waals surface area contributed by atoms with Crippen molar-refractivity contribution in [2.75, 3.05) is 0 Å². The summed E-state index contributed by atoms with van der Waals surface area (Å²) in [5.74, 6) is -0.192. The lowest BCUT2D eigenvalue weighted by Crippen LogP contribution is -2.33. The number of carbonyl (C=O) groups is 1. The van der Waals surface area contributed by atoms with Crippen LogP contribution in [0, 0.1) is 0 Å². The molecular formula is C17H17N5O2. The molecule has 1 amide bonds. The van der Waals surface area contributed by atoms with E-state index in [1.807, 2.05) is 37.3 Å². The molecule has 3 aromatic rings. The van der Waals surface area contributed by atoms with Gasteiger partial charge in [-0.15, -0.1) is 0 Å². The van der Waals surface area contributed by atoms with Crippen LogP contribution in [0.5, 0.6) is 0 Å². The number of H-pyrrole nitrogens is 1. The Morgan fingerprint density at radius 2 is 2.08 bits per heavy atom. The standard InChI is InChI=1S/C17H17N5O2/c1-2-14(12-7-4-3-5-8-12)20-15(23)13-11-18-17(21-16(13)24)22-10-6-9-19-22/h3-11,14H,2H2,1H3,(H,20,23)(H,18,21,24)/t14-/m0/s1. The van der Waals surface area contributed by atoms with Crippen molar-refractivity contribution in [1.29, 1.82) is 0 Å². The van der Waals surface area contributed by atoms with E-state index in [1.54, 1.807) is 18.5 Å². The Labute approximate surface area is 138 Å². The molecule has 0 fully saturated rings.